The molecule has 4 nitrogen and oxygen atoms in total. The number of methoxy groups -OCH3 is 2. The first kappa shape index (κ1) is 21.0. The lowest BCUT2D eigenvalue weighted by atomic mass is 9.85. The quantitative estimate of drug-likeness (QED) is 0.518. The van der Waals surface area contributed by atoms with Gasteiger partial charge in [0.2, 0.25) is 0 Å². The van der Waals surface area contributed by atoms with Gasteiger partial charge in [-0.2, -0.15) is 0 Å². The molecule has 1 unspecified atom stereocenters. The zero-order valence-corrected chi connectivity index (χ0v) is 19.0. The lowest BCUT2D eigenvalue weighted by Gasteiger charge is -2.33. The SMILES string of the molecule is COc1cc2c(cc1OC)C(=O)C(CC1CCN(Cc3ccc4ccccc4c3)CC1)C2. The second kappa shape index (κ2) is 8.95. The number of piperidine rings is 1. The van der Waals surface area contributed by atoms with Gasteiger partial charge in [0.25, 0.3) is 0 Å². The number of ether oxygens (including phenoxy) is 2. The molecule has 0 N–H and O–H groups in total. The summed E-state index contributed by atoms with van der Waals surface area (Å²) in [5, 5.41) is 2.61. The molecule has 1 saturated heterocycles. The highest BCUT2D eigenvalue weighted by atomic mass is 16.5. The smallest absolute Gasteiger partial charge is 0.166 e. The van der Waals surface area contributed by atoms with E-state index in [0.29, 0.717) is 17.4 Å². The summed E-state index contributed by atoms with van der Waals surface area (Å²) in [5.41, 5.74) is 3.30. The molecule has 5 rings (SSSR count). The highest BCUT2D eigenvalue weighted by molar-refractivity contribution is 6.02. The number of rotatable bonds is 6. The number of benzene rings is 3. The third-order valence-electron chi connectivity index (χ3n) is 7.26. The molecule has 3 aromatic carbocycles. The number of hydrogen-bond donors (Lipinski definition) is 0. The van der Waals surface area contributed by atoms with Crippen molar-refractivity contribution in [3.05, 3.63) is 71.3 Å². The fourth-order valence-electron chi connectivity index (χ4n) is 5.47. The van der Waals surface area contributed by atoms with E-state index in [4.69, 9.17) is 9.47 Å². The van der Waals surface area contributed by atoms with Crippen LogP contribution in [0.4, 0.5) is 0 Å². The van der Waals surface area contributed by atoms with Crippen molar-refractivity contribution in [3.8, 4) is 11.5 Å². The van der Waals surface area contributed by atoms with Crippen LogP contribution in [-0.2, 0) is 13.0 Å². The van der Waals surface area contributed by atoms with Crippen molar-refractivity contribution in [2.75, 3.05) is 27.3 Å². The molecule has 2 aliphatic rings. The zero-order valence-electron chi connectivity index (χ0n) is 19.0. The molecule has 166 valence electrons. The van der Waals surface area contributed by atoms with Crippen molar-refractivity contribution < 1.29 is 14.3 Å². The van der Waals surface area contributed by atoms with Gasteiger partial charge in [-0.1, -0.05) is 36.4 Å². The minimum atomic E-state index is 0.0962. The van der Waals surface area contributed by atoms with Crippen molar-refractivity contribution in [1.29, 1.82) is 0 Å². The number of nitrogens with zero attached hydrogens (tertiary/aromatic N) is 1. The maximum Gasteiger partial charge on any atom is 0.166 e. The van der Waals surface area contributed by atoms with Gasteiger partial charge >= 0.3 is 0 Å². The summed E-state index contributed by atoms with van der Waals surface area (Å²) in [4.78, 5) is 15.6. The molecule has 0 radical (unpaired) electrons. The summed E-state index contributed by atoms with van der Waals surface area (Å²) in [6, 6.07) is 19.2. The predicted molar refractivity (Wildman–Crippen MR) is 128 cm³/mol. The number of carbonyl (C=O) groups excluding carboxylic acids is 1. The van der Waals surface area contributed by atoms with E-state index >= 15 is 0 Å². The van der Waals surface area contributed by atoms with E-state index in [1.54, 1.807) is 14.2 Å². The fraction of sp³-hybridized carbons (Fsp3) is 0.393. The second-order valence-electron chi connectivity index (χ2n) is 9.27. The minimum Gasteiger partial charge on any atom is -0.493 e. The highest BCUT2D eigenvalue weighted by Crippen LogP contribution is 2.39. The summed E-state index contributed by atoms with van der Waals surface area (Å²) in [7, 11) is 3.26. The Balaban J connectivity index is 1.17. The van der Waals surface area contributed by atoms with Crippen LogP contribution in [0.2, 0.25) is 0 Å². The Labute approximate surface area is 190 Å². The van der Waals surface area contributed by atoms with E-state index in [2.05, 4.69) is 47.4 Å². The van der Waals surface area contributed by atoms with E-state index in [9.17, 15) is 4.79 Å². The Morgan fingerprint density at radius 3 is 2.38 bits per heavy atom. The van der Waals surface area contributed by atoms with E-state index in [-0.39, 0.29) is 11.7 Å². The first-order valence-electron chi connectivity index (χ1n) is 11.6. The van der Waals surface area contributed by atoms with Crippen LogP contribution in [-0.4, -0.2) is 38.0 Å². The maximum absolute atomic E-state index is 13.0. The monoisotopic (exact) mass is 429 g/mol. The number of Topliss-reactive ketones (excluding diaryl/α,β-unsaturated/α-hetero) is 1. The second-order valence-corrected chi connectivity index (χ2v) is 9.27. The molecule has 1 heterocycles. The molecule has 0 saturated carbocycles. The van der Waals surface area contributed by atoms with E-state index in [0.717, 1.165) is 43.6 Å². The molecular weight excluding hydrogens is 398 g/mol. The van der Waals surface area contributed by atoms with Gasteiger partial charge in [-0.15, -0.1) is 0 Å². The average molecular weight is 430 g/mol. The number of carbonyl (C=O) groups is 1. The van der Waals surface area contributed by atoms with Crippen molar-refractivity contribution in [3.63, 3.8) is 0 Å². The Morgan fingerprint density at radius 1 is 0.906 bits per heavy atom. The van der Waals surface area contributed by atoms with Gasteiger partial charge in [0.05, 0.1) is 14.2 Å². The molecule has 1 aliphatic heterocycles. The minimum absolute atomic E-state index is 0.0962. The number of hydrogen-bond acceptors (Lipinski definition) is 4. The Bertz CT molecular complexity index is 1130. The predicted octanol–water partition coefficient (Wildman–Crippen LogP) is 5.51. The lowest BCUT2D eigenvalue weighted by molar-refractivity contribution is 0.0895. The van der Waals surface area contributed by atoms with Crippen LogP contribution in [0.15, 0.2) is 54.6 Å². The van der Waals surface area contributed by atoms with Crippen LogP contribution in [0.5, 0.6) is 11.5 Å². The van der Waals surface area contributed by atoms with Gasteiger partial charge in [0, 0.05) is 18.0 Å². The molecule has 32 heavy (non-hydrogen) atoms. The molecule has 1 aliphatic carbocycles. The first-order valence-corrected chi connectivity index (χ1v) is 11.6. The normalized spacial score (nSPS) is 19.3. The molecule has 0 spiro atoms. The summed E-state index contributed by atoms with van der Waals surface area (Å²) in [5.74, 6) is 2.34. The first-order chi connectivity index (χ1) is 15.6. The molecule has 4 heteroatoms. The molecular formula is C28H31NO3. The zero-order chi connectivity index (χ0) is 22.1. The molecule has 0 amide bonds. The van der Waals surface area contributed by atoms with Crippen LogP contribution in [0.3, 0.4) is 0 Å². The average Bonchev–Trinajstić information content (AvgIpc) is 3.13. The molecule has 1 fully saturated rings. The van der Waals surface area contributed by atoms with E-state index in [1.165, 1.54) is 29.2 Å². The topological polar surface area (TPSA) is 38.8 Å². The number of fused-ring (bicyclic) bond motifs is 2. The molecule has 0 aromatic heterocycles. The summed E-state index contributed by atoms with van der Waals surface area (Å²) < 4.78 is 10.8. The molecule has 1 atom stereocenters. The van der Waals surface area contributed by atoms with Crippen LogP contribution in [0, 0.1) is 11.8 Å². The van der Waals surface area contributed by atoms with Crippen LogP contribution in [0.25, 0.3) is 10.8 Å². The third-order valence-corrected chi connectivity index (χ3v) is 7.26. The van der Waals surface area contributed by atoms with Crippen LogP contribution in [0.1, 0.15) is 40.7 Å². The summed E-state index contributed by atoms with van der Waals surface area (Å²) >= 11 is 0. The highest BCUT2D eigenvalue weighted by Gasteiger charge is 2.34. The van der Waals surface area contributed by atoms with Crippen LogP contribution < -0.4 is 9.47 Å². The standard InChI is InChI=1S/C28H31NO3/c1-31-26-16-23-15-24(28(30)25(23)17-27(26)32-2)13-19-9-11-29(12-10-19)18-20-7-8-21-5-3-4-6-22(21)14-20/h3-8,14,16-17,19,24H,9-13,15,18H2,1-2H3. The Morgan fingerprint density at radius 2 is 1.62 bits per heavy atom. The van der Waals surface area contributed by atoms with Crippen molar-refractivity contribution in [2.45, 2.75) is 32.2 Å². The largest absolute Gasteiger partial charge is 0.493 e. The molecule has 3 aromatic rings. The van der Waals surface area contributed by atoms with E-state index < -0.39 is 0 Å². The number of ketones is 1. The van der Waals surface area contributed by atoms with Gasteiger partial charge in [0.15, 0.2) is 17.3 Å². The van der Waals surface area contributed by atoms with Gasteiger partial charge in [0.1, 0.15) is 0 Å². The van der Waals surface area contributed by atoms with Gasteiger partial charge < -0.3 is 9.47 Å². The van der Waals surface area contributed by atoms with Gasteiger partial charge in [-0.05, 0) is 84.8 Å². The van der Waals surface area contributed by atoms with Gasteiger partial charge in [-0.3, -0.25) is 9.69 Å². The maximum atomic E-state index is 13.0. The summed E-state index contributed by atoms with van der Waals surface area (Å²) in [6.07, 6.45) is 4.15. The Kier molecular flexibility index (Phi) is 5.88. The lowest BCUT2D eigenvalue weighted by Crippen LogP contribution is -2.34. The fourth-order valence-corrected chi connectivity index (χ4v) is 5.47. The van der Waals surface area contributed by atoms with Crippen LogP contribution >= 0.6 is 0 Å². The van der Waals surface area contributed by atoms with Crippen molar-refractivity contribution >= 4 is 16.6 Å². The van der Waals surface area contributed by atoms with Crippen molar-refractivity contribution in [2.24, 2.45) is 11.8 Å². The molecule has 0 bridgehead atoms. The number of likely N-dealkylation sites (tertiary alicyclic amines) is 1. The third kappa shape index (κ3) is 4.12. The Hall–Kier alpha value is -2.85. The van der Waals surface area contributed by atoms with E-state index in [1.807, 2.05) is 12.1 Å². The summed E-state index contributed by atoms with van der Waals surface area (Å²) in [6.45, 7) is 3.21. The van der Waals surface area contributed by atoms with Gasteiger partial charge in [-0.25, -0.2) is 0 Å². The van der Waals surface area contributed by atoms with Crippen molar-refractivity contribution in [1.82, 2.24) is 4.90 Å².